The summed E-state index contributed by atoms with van der Waals surface area (Å²) < 4.78 is 0. The predicted molar refractivity (Wildman–Crippen MR) is 133 cm³/mol. The van der Waals surface area contributed by atoms with Crippen LogP contribution in [0.4, 0.5) is 5.82 Å². The van der Waals surface area contributed by atoms with Crippen LogP contribution < -0.4 is 20.9 Å². The number of hydrogen-bond acceptors (Lipinski definition) is 4. The van der Waals surface area contributed by atoms with Crippen LogP contribution in [-0.4, -0.2) is 50.6 Å². The molecular formula is C22H31IN6O. The highest BCUT2D eigenvalue weighted by Gasteiger charge is 2.13. The molecule has 0 aliphatic carbocycles. The number of nitrogens with one attached hydrogen (secondary N) is 3. The lowest BCUT2D eigenvalue weighted by molar-refractivity contribution is 0.0963. The fraction of sp³-hybridized carbons (Fsp3) is 0.409. The summed E-state index contributed by atoms with van der Waals surface area (Å²) in [5.41, 5.74) is 2.90. The van der Waals surface area contributed by atoms with Gasteiger partial charge in [-0.05, 0) is 48.6 Å². The van der Waals surface area contributed by atoms with Crippen molar-refractivity contribution in [2.24, 2.45) is 4.99 Å². The van der Waals surface area contributed by atoms with Gasteiger partial charge in [-0.15, -0.1) is 24.0 Å². The smallest absolute Gasteiger partial charge is 0.251 e. The van der Waals surface area contributed by atoms with Crippen LogP contribution in [0.2, 0.25) is 0 Å². The second kappa shape index (κ2) is 12.4. The molecule has 0 unspecified atom stereocenters. The molecule has 0 saturated carbocycles. The lowest BCUT2D eigenvalue weighted by atomic mass is 10.1. The molecule has 0 radical (unpaired) electrons. The fourth-order valence-corrected chi connectivity index (χ4v) is 3.40. The maximum absolute atomic E-state index is 11.7. The van der Waals surface area contributed by atoms with Gasteiger partial charge in [0.2, 0.25) is 0 Å². The zero-order valence-electron chi connectivity index (χ0n) is 17.6. The second-order valence-electron chi connectivity index (χ2n) is 7.10. The number of benzene rings is 1. The number of hydrogen-bond donors (Lipinski definition) is 3. The van der Waals surface area contributed by atoms with Crippen molar-refractivity contribution in [3.8, 4) is 0 Å². The van der Waals surface area contributed by atoms with Crippen LogP contribution in [-0.2, 0) is 13.0 Å². The van der Waals surface area contributed by atoms with E-state index in [4.69, 9.17) is 0 Å². The Bertz CT molecular complexity index is 834. The lowest BCUT2D eigenvalue weighted by Gasteiger charge is -2.16. The standard InChI is InChI=1S/C22H30N6O.HI/c1-23-21(29)19-7-5-6-17(14-19)10-11-25-22(24-2)27-16-18-8-9-20(26-15-18)28-12-3-4-13-28;/h5-9,14-15H,3-4,10-13,16H2,1-2H3,(H,23,29)(H2,24,25,27);1H. The molecule has 1 aliphatic rings. The van der Waals surface area contributed by atoms with Crippen LogP contribution in [0.15, 0.2) is 47.6 Å². The largest absolute Gasteiger partial charge is 0.357 e. The Morgan fingerprint density at radius 1 is 1.13 bits per heavy atom. The molecular weight excluding hydrogens is 491 g/mol. The molecule has 1 aromatic heterocycles. The minimum atomic E-state index is -0.0679. The molecule has 0 bridgehead atoms. The van der Waals surface area contributed by atoms with Crippen LogP contribution in [0.5, 0.6) is 0 Å². The van der Waals surface area contributed by atoms with E-state index in [1.807, 2.05) is 30.5 Å². The van der Waals surface area contributed by atoms with Crippen molar-refractivity contribution < 1.29 is 4.79 Å². The maximum Gasteiger partial charge on any atom is 0.251 e. The van der Waals surface area contributed by atoms with Gasteiger partial charge in [-0.2, -0.15) is 0 Å². The number of nitrogens with zero attached hydrogens (tertiary/aromatic N) is 3. The SMILES string of the molecule is CN=C(NCCc1cccc(C(=O)NC)c1)NCc1ccc(N2CCCC2)nc1.I. The van der Waals surface area contributed by atoms with E-state index in [2.05, 4.69) is 43.0 Å². The van der Waals surface area contributed by atoms with E-state index >= 15 is 0 Å². The quantitative estimate of drug-likeness (QED) is 0.296. The van der Waals surface area contributed by atoms with Crippen molar-refractivity contribution in [2.75, 3.05) is 38.6 Å². The molecule has 0 atom stereocenters. The highest BCUT2D eigenvalue weighted by atomic mass is 127. The molecule has 2 heterocycles. The lowest BCUT2D eigenvalue weighted by Crippen LogP contribution is -2.37. The van der Waals surface area contributed by atoms with E-state index < -0.39 is 0 Å². The average molecular weight is 522 g/mol. The van der Waals surface area contributed by atoms with Crippen LogP contribution >= 0.6 is 24.0 Å². The topological polar surface area (TPSA) is 81.6 Å². The molecule has 1 saturated heterocycles. The van der Waals surface area contributed by atoms with Gasteiger partial charge in [0.25, 0.3) is 5.91 Å². The number of guanidine groups is 1. The Labute approximate surface area is 195 Å². The molecule has 162 valence electrons. The number of rotatable bonds is 7. The van der Waals surface area contributed by atoms with Gasteiger partial charge in [0, 0.05) is 52.0 Å². The monoisotopic (exact) mass is 522 g/mol. The number of carbonyl (C=O) groups is 1. The van der Waals surface area contributed by atoms with Crippen molar-refractivity contribution in [1.29, 1.82) is 0 Å². The number of pyridine rings is 1. The number of halogens is 1. The van der Waals surface area contributed by atoms with Crippen LogP contribution in [0.3, 0.4) is 0 Å². The van der Waals surface area contributed by atoms with Gasteiger partial charge in [0.1, 0.15) is 5.82 Å². The molecule has 30 heavy (non-hydrogen) atoms. The molecule has 3 N–H and O–H groups in total. The van der Waals surface area contributed by atoms with E-state index in [-0.39, 0.29) is 29.9 Å². The molecule has 2 aromatic rings. The van der Waals surface area contributed by atoms with Gasteiger partial charge >= 0.3 is 0 Å². The van der Waals surface area contributed by atoms with Gasteiger partial charge in [0.15, 0.2) is 5.96 Å². The molecule has 1 aliphatic heterocycles. The Morgan fingerprint density at radius 2 is 1.93 bits per heavy atom. The van der Waals surface area contributed by atoms with Gasteiger partial charge in [-0.3, -0.25) is 9.79 Å². The Hall–Kier alpha value is -2.36. The zero-order chi connectivity index (χ0) is 20.5. The summed E-state index contributed by atoms with van der Waals surface area (Å²) in [6, 6.07) is 11.9. The van der Waals surface area contributed by atoms with Crippen molar-refractivity contribution in [3.05, 3.63) is 59.3 Å². The van der Waals surface area contributed by atoms with Crippen molar-refractivity contribution >= 4 is 41.7 Å². The van der Waals surface area contributed by atoms with Gasteiger partial charge in [0.05, 0.1) is 0 Å². The third-order valence-corrected chi connectivity index (χ3v) is 5.05. The molecule has 0 spiro atoms. The molecule has 3 rings (SSSR count). The third-order valence-electron chi connectivity index (χ3n) is 5.05. The van der Waals surface area contributed by atoms with E-state index in [1.54, 1.807) is 14.1 Å². The van der Waals surface area contributed by atoms with Crippen LogP contribution in [0.25, 0.3) is 0 Å². The fourth-order valence-electron chi connectivity index (χ4n) is 3.40. The first-order valence-corrected chi connectivity index (χ1v) is 10.1. The van der Waals surface area contributed by atoms with Crippen molar-refractivity contribution in [2.45, 2.75) is 25.8 Å². The van der Waals surface area contributed by atoms with Crippen molar-refractivity contribution in [1.82, 2.24) is 20.9 Å². The molecule has 7 nitrogen and oxygen atoms in total. The molecule has 1 aromatic carbocycles. The summed E-state index contributed by atoms with van der Waals surface area (Å²) in [4.78, 5) is 22.9. The number of carbonyl (C=O) groups excluding carboxylic acids is 1. The molecule has 1 amide bonds. The number of amides is 1. The summed E-state index contributed by atoms with van der Waals surface area (Å²) in [5, 5.41) is 9.29. The summed E-state index contributed by atoms with van der Waals surface area (Å²) >= 11 is 0. The number of anilines is 1. The van der Waals surface area contributed by atoms with Crippen LogP contribution in [0, 0.1) is 0 Å². The number of aromatic nitrogens is 1. The van der Waals surface area contributed by atoms with Crippen molar-refractivity contribution in [3.63, 3.8) is 0 Å². The van der Waals surface area contributed by atoms with Gasteiger partial charge in [-0.25, -0.2) is 4.98 Å². The van der Waals surface area contributed by atoms with Gasteiger partial charge < -0.3 is 20.9 Å². The summed E-state index contributed by atoms with van der Waals surface area (Å²) in [6.07, 6.45) is 5.24. The summed E-state index contributed by atoms with van der Waals surface area (Å²) in [6.45, 7) is 3.60. The molecule has 8 heteroatoms. The number of aliphatic imine (C=N–C) groups is 1. The normalized spacial score (nSPS) is 13.5. The third kappa shape index (κ3) is 6.86. The first kappa shape index (κ1) is 23.9. The van der Waals surface area contributed by atoms with E-state index in [1.165, 1.54) is 12.8 Å². The predicted octanol–water partition coefficient (Wildman–Crippen LogP) is 2.57. The first-order chi connectivity index (χ1) is 14.2. The second-order valence-corrected chi connectivity index (χ2v) is 7.10. The Morgan fingerprint density at radius 3 is 2.60 bits per heavy atom. The minimum absolute atomic E-state index is 0. The highest BCUT2D eigenvalue weighted by molar-refractivity contribution is 14.0. The minimum Gasteiger partial charge on any atom is -0.357 e. The van der Waals surface area contributed by atoms with Gasteiger partial charge in [-0.1, -0.05) is 18.2 Å². The van der Waals surface area contributed by atoms with E-state index in [0.29, 0.717) is 12.1 Å². The van der Waals surface area contributed by atoms with E-state index in [0.717, 1.165) is 49.0 Å². The van der Waals surface area contributed by atoms with E-state index in [9.17, 15) is 4.79 Å². The summed E-state index contributed by atoms with van der Waals surface area (Å²) in [7, 11) is 3.40. The maximum atomic E-state index is 11.7. The average Bonchev–Trinajstić information content (AvgIpc) is 3.31. The first-order valence-electron chi connectivity index (χ1n) is 10.1. The summed E-state index contributed by atoms with van der Waals surface area (Å²) in [5.74, 6) is 1.74. The highest BCUT2D eigenvalue weighted by Crippen LogP contribution is 2.17. The Kier molecular flexibility index (Phi) is 9.85. The zero-order valence-corrected chi connectivity index (χ0v) is 20.0. The van der Waals surface area contributed by atoms with Crippen LogP contribution in [0.1, 0.15) is 34.3 Å². The molecule has 1 fully saturated rings. The Balaban J connectivity index is 0.00000320.